The fraction of sp³-hybridized carbons (Fsp3) is 0.321. The standard InChI is InChI=1S/C28H33N3O2.ClH/c1-4-5-6-7-8-21-16-23(29-19(21)2)17-27-28(33-3)18-26(31-27)25-14-11-22(30-25)15-20-9-12-24(32)13-10-20;/h9-14,16-18,29-30,32H,4-8,15H2,1-3H3;1H/b27-17-;. The van der Waals surface area contributed by atoms with Gasteiger partial charge in [-0.2, -0.15) is 0 Å². The van der Waals surface area contributed by atoms with Crippen molar-refractivity contribution in [2.75, 3.05) is 7.11 Å². The highest BCUT2D eigenvalue weighted by Gasteiger charge is 2.18. The van der Waals surface area contributed by atoms with Crippen molar-refractivity contribution in [2.45, 2.75) is 52.4 Å². The summed E-state index contributed by atoms with van der Waals surface area (Å²) in [6, 6.07) is 13.7. The lowest BCUT2D eigenvalue weighted by Crippen LogP contribution is -1.96. The Hall–Kier alpha value is -3.18. The maximum Gasteiger partial charge on any atom is 0.146 e. The van der Waals surface area contributed by atoms with E-state index >= 15 is 0 Å². The molecule has 180 valence electrons. The average molecular weight is 480 g/mol. The van der Waals surface area contributed by atoms with E-state index in [1.807, 2.05) is 18.2 Å². The highest BCUT2D eigenvalue weighted by molar-refractivity contribution is 6.11. The molecule has 1 aromatic carbocycles. The number of H-pyrrole nitrogens is 2. The van der Waals surface area contributed by atoms with Crippen LogP contribution in [-0.4, -0.2) is 27.9 Å². The van der Waals surface area contributed by atoms with E-state index in [2.05, 4.69) is 48.1 Å². The van der Waals surface area contributed by atoms with E-state index in [4.69, 9.17) is 9.73 Å². The molecule has 0 amide bonds. The first-order valence-corrected chi connectivity index (χ1v) is 11.8. The number of aromatic nitrogens is 2. The molecule has 3 N–H and O–H groups in total. The number of benzene rings is 1. The van der Waals surface area contributed by atoms with Crippen LogP contribution in [0.3, 0.4) is 0 Å². The highest BCUT2D eigenvalue weighted by atomic mass is 35.5. The second kappa shape index (κ2) is 11.8. The van der Waals surface area contributed by atoms with E-state index in [9.17, 15) is 5.11 Å². The van der Waals surface area contributed by atoms with E-state index in [1.165, 1.54) is 36.9 Å². The second-order valence-electron chi connectivity index (χ2n) is 8.67. The Labute approximate surface area is 208 Å². The Morgan fingerprint density at radius 3 is 2.56 bits per heavy atom. The predicted octanol–water partition coefficient (Wildman–Crippen LogP) is 6.87. The van der Waals surface area contributed by atoms with Crippen LogP contribution in [0.5, 0.6) is 5.75 Å². The molecule has 1 aliphatic rings. The first-order valence-electron chi connectivity index (χ1n) is 11.8. The Bertz CT molecular complexity index is 1180. The largest absolute Gasteiger partial charge is 0.508 e. The molecule has 0 saturated heterocycles. The molecule has 3 heterocycles. The zero-order chi connectivity index (χ0) is 23.2. The number of nitrogens with zero attached hydrogens (tertiary/aromatic N) is 1. The third-order valence-electron chi connectivity index (χ3n) is 6.07. The number of hydrogen-bond acceptors (Lipinski definition) is 3. The van der Waals surface area contributed by atoms with Gasteiger partial charge < -0.3 is 19.8 Å². The fourth-order valence-corrected chi connectivity index (χ4v) is 4.20. The van der Waals surface area contributed by atoms with Crippen molar-refractivity contribution in [3.05, 3.63) is 93.9 Å². The van der Waals surface area contributed by atoms with Crippen LogP contribution in [-0.2, 0) is 17.6 Å². The normalized spacial score (nSPS) is 14.1. The Morgan fingerprint density at radius 2 is 1.82 bits per heavy atom. The highest BCUT2D eigenvalue weighted by Crippen LogP contribution is 2.26. The van der Waals surface area contributed by atoms with Gasteiger partial charge in [0.15, 0.2) is 0 Å². The number of unbranched alkanes of at least 4 members (excludes halogenated alkanes) is 3. The van der Waals surface area contributed by atoms with E-state index in [1.54, 1.807) is 19.2 Å². The summed E-state index contributed by atoms with van der Waals surface area (Å²) >= 11 is 0. The number of aliphatic imine (C=N–C) groups is 1. The first kappa shape index (κ1) is 25.4. The van der Waals surface area contributed by atoms with Crippen LogP contribution in [0.4, 0.5) is 0 Å². The van der Waals surface area contributed by atoms with Gasteiger partial charge in [0, 0.05) is 29.6 Å². The molecule has 1 aliphatic heterocycles. The molecule has 0 aliphatic carbocycles. The number of ether oxygens (including phenoxy) is 1. The minimum atomic E-state index is 0. The smallest absolute Gasteiger partial charge is 0.146 e. The minimum Gasteiger partial charge on any atom is -0.508 e. The van der Waals surface area contributed by atoms with E-state index in [0.717, 1.165) is 52.7 Å². The van der Waals surface area contributed by atoms with Crippen molar-refractivity contribution in [1.82, 2.24) is 9.97 Å². The van der Waals surface area contributed by atoms with Crippen LogP contribution in [0, 0.1) is 6.92 Å². The quantitative estimate of drug-likeness (QED) is 0.278. The van der Waals surface area contributed by atoms with Gasteiger partial charge in [0.1, 0.15) is 17.2 Å². The number of aromatic amines is 2. The van der Waals surface area contributed by atoms with E-state index in [-0.39, 0.29) is 18.2 Å². The van der Waals surface area contributed by atoms with Gasteiger partial charge in [-0.1, -0.05) is 38.3 Å². The molecule has 5 nitrogen and oxygen atoms in total. The lowest BCUT2D eigenvalue weighted by molar-refractivity contribution is 0.303. The van der Waals surface area contributed by atoms with Crippen LogP contribution in [0.25, 0.3) is 6.08 Å². The lowest BCUT2D eigenvalue weighted by Gasteiger charge is -2.00. The first-order chi connectivity index (χ1) is 16.1. The Balaban J connectivity index is 0.00000324. The number of phenolic OH excluding ortho intramolecular Hbond substituents is 1. The maximum absolute atomic E-state index is 9.47. The van der Waals surface area contributed by atoms with Gasteiger partial charge in [0.05, 0.1) is 18.5 Å². The van der Waals surface area contributed by atoms with Gasteiger partial charge in [-0.15, -0.1) is 12.4 Å². The summed E-state index contributed by atoms with van der Waals surface area (Å²) in [4.78, 5) is 11.8. The fourth-order valence-electron chi connectivity index (χ4n) is 4.20. The molecule has 0 fully saturated rings. The predicted molar refractivity (Wildman–Crippen MR) is 142 cm³/mol. The monoisotopic (exact) mass is 479 g/mol. The molecule has 34 heavy (non-hydrogen) atoms. The van der Waals surface area contributed by atoms with Crippen molar-refractivity contribution in [2.24, 2.45) is 4.99 Å². The summed E-state index contributed by atoms with van der Waals surface area (Å²) in [5.74, 6) is 1.04. The van der Waals surface area contributed by atoms with Crippen LogP contribution in [0.1, 0.15) is 66.5 Å². The molecule has 6 heteroatoms. The molecule has 3 aromatic rings. The number of allylic oxidation sites excluding steroid dienone is 1. The zero-order valence-corrected chi connectivity index (χ0v) is 21.0. The number of aromatic hydroxyl groups is 1. The van der Waals surface area contributed by atoms with E-state index in [0.29, 0.717) is 0 Å². The van der Waals surface area contributed by atoms with Crippen LogP contribution < -0.4 is 0 Å². The summed E-state index contributed by atoms with van der Waals surface area (Å²) < 4.78 is 5.62. The van der Waals surface area contributed by atoms with Gasteiger partial charge in [-0.3, -0.25) is 0 Å². The molecular formula is C28H34ClN3O2. The molecule has 4 rings (SSSR count). The number of halogens is 1. The molecule has 2 aromatic heterocycles. The van der Waals surface area contributed by atoms with Crippen molar-refractivity contribution in [1.29, 1.82) is 0 Å². The molecule has 0 unspecified atom stereocenters. The number of aryl methyl sites for hydroxylation is 2. The van der Waals surface area contributed by atoms with Crippen LogP contribution >= 0.6 is 12.4 Å². The van der Waals surface area contributed by atoms with Crippen molar-refractivity contribution in [3.8, 4) is 5.75 Å². The Morgan fingerprint density at radius 1 is 1.03 bits per heavy atom. The number of phenols is 1. The topological polar surface area (TPSA) is 73.4 Å². The molecular weight excluding hydrogens is 446 g/mol. The molecule has 0 atom stereocenters. The number of hydrogen-bond donors (Lipinski definition) is 3. The van der Waals surface area contributed by atoms with Crippen molar-refractivity contribution >= 4 is 24.2 Å². The van der Waals surface area contributed by atoms with Gasteiger partial charge >= 0.3 is 0 Å². The van der Waals surface area contributed by atoms with Crippen molar-refractivity contribution < 1.29 is 9.84 Å². The van der Waals surface area contributed by atoms with Crippen LogP contribution in [0.2, 0.25) is 0 Å². The Kier molecular flexibility index (Phi) is 8.83. The number of nitrogens with one attached hydrogen (secondary N) is 2. The lowest BCUT2D eigenvalue weighted by atomic mass is 10.1. The van der Waals surface area contributed by atoms with E-state index < -0.39 is 0 Å². The van der Waals surface area contributed by atoms with Crippen molar-refractivity contribution in [3.63, 3.8) is 0 Å². The number of methoxy groups -OCH3 is 1. The SMILES string of the molecule is CCCCCCc1cc(/C=C2\N=C(c3ccc(Cc4ccc(O)cc4)[nH]3)C=C2OC)[nH]c1C.Cl. The number of rotatable bonds is 10. The third kappa shape index (κ3) is 6.23. The van der Waals surface area contributed by atoms with Crippen LogP contribution in [0.15, 0.2) is 65.0 Å². The summed E-state index contributed by atoms with van der Waals surface area (Å²) in [5, 5.41) is 9.47. The molecule has 0 saturated carbocycles. The minimum absolute atomic E-state index is 0. The zero-order valence-electron chi connectivity index (χ0n) is 20.1. The second-order valence-corrected chi connectivity index (χ2v) is 8.67. The molecule has 0 bridgehead atoms. The van der Waals surface area contributed by atoms with Gasteiger partial charge in [-0.05, 0) is 67.3 Å². The van der Waals surface area contributed by atoms with Gasteiger partial charge in [0.2, 0.25) is 0 Å². The van der Waals surface area contributed by atoms with Gasteiger partial charge in [0.25, 0.3) is 0 Å². The third-order valence-corrected chi connectivity index (χ3v) is 6.07. The average Bonchev–Trinajstić information content (AvgIpc) is 3.52. The maximum atomic E-state index is 9.47. The summed E-state index contributed by atoms with van der Waals surface area (Å²) in [5.41, 5.74) is 8.53. The summed E-state index contributed by atoms with van der Waals surface area (Å²) in [6.07, 6.45) is 11.0. The molecule has 0 radical (unpaired) electrons. The summed E-state index contributed by atoms with van der Waals surface area (Å²) in [7, 11) is 1.68. The summed E-state index contributed by atoms with van der Waals surface area (Å²) in [6.45, 7) is 4.38. The molecule has 0 spiro atoms. The van der Waals surface area contributed by atoms with Gasteiger partial charge in [-0.25, -0.2) is 4.99 Å².